The van der Waals surface area contributed by atoms with Crippen molar-refractivity contribution in [1.82, 2.24) is 0 Å². The van der Waals surface area contributed by atoms with E-state index in [2.05, 4.69) is 26.0 Å². The molecule has 0 heterocycles. The first-order chi connectivity index (χ1) is 13.0. The van der Waals surface area contributed by atoms with Gasteiger partial charge in [-0.1, -0.05) is 43.2 Å². The summed E-state index contributed by atoms with van der Waals surface area (Å²) in [7, 11) is 0. The van der Waals surface area contributed by atoms with E-state index in [4.69, 9.17) is 22.1 Å². The highest BCUT2D eigenvalue weighted by atomic mass is 32.2. The van der Waals surface area contributed by atoms with Crippen LogP contribution in [0, 0.1) is 0 Å². The lowest BCUT2D eigenvalue weighted by atomic mass is 9.84. The first-order valence-electron chi connectivity index (χ1n) is 10.0. The molecule has 2 rings (SSSR count). The van der Waals surface area contributed by atoms with Gasteiger partial charge in [0.2, 0.25) is 4.38 Å². The van der Waals surface area contributed by atoms with Crippen LogP contribution >= 0.6 is 24.0 Å². The van der Waals surface area contributed by atoms with Crippen molar-refractivity contribution in [3.05, 3.63) is 34.9 Å². The van der Waals surface area contributed by atoms with Gasteiger partial charge in [-0.15, -0.1) is 0 Å². The Bertz CT molecular complexity index is 655. The minimum Gasteiger partial charge on any atom is -0.507 e. The number of hydrogen-bond acceptors (Lipinski definition) is 5. The average molecular weight is 409 g/mol. The van der Waals surface area contributed by atoms with Gasteiger partial charge in [0, 0.05) is 23.8 Å². The van der Waals surface area contributed by atoms with Crippen molar-refractivity contribution in [2.75, 3.05) is 12.4 Å². The quantitative estimate of drug-likeness (QED) is 0.293. The third-order valence-electron chi connectivity index (χ3n) is 4.91. The maximum atomic E-state index is 10.8. The van der Waals surface area contributed by atoms with Gasteiger partial charge in [0.15, 0.2) is 0 Å². The van der Waals surface area contributed by atoms with Crippen LogP contribution in [0.15, 0.2) is 23.8 Å². The Hall–Kier alpha value is -1.04. The summed E-state index contributed by atoms with van der Waals surface area (Å²) < 4.78 is 6.48. The summed E-state index contributed by atoms with van der Waals surface area (Å²) in [6.07, 6.45) is 10.6. The van der Waals surface area contributed by atoms with Gasteiger partial charge in [-0.2, -0.15) is 0 Å². The summed E-state index contributed by atoms with van der Waals surface area (Å²) in [5.74, 6) is 1.91. The number of allylic oxidation sites excluding steroid dienone is 2. The number of hydrogen-bond donors (Lipinski definition) is 2. The monoisotopic (exact) mass is 408 g/mol. The first-order valence-corrected chi connectivity index (χ1v) is 11.4. The average Bonchev–Trinajstić information content (AvgIpc) is 2.62. The molecule has 3 nitrogen and oxygen atoms in total. The lowest BCUT2D eigenvalue weighted by molar-refractivity contribution is 0.296. The molecule has 0 aliphatic heterocycles. The van der Waals surface area contributed by atoms with E-state index < -0.39 is 0 Å². The van der Waals surface area contributed by atoms with E-state index in [-0.39, 0.29) is 12.5 Å². The molecule has 0 saturated heterocycles. The van der Waals surface area contributed by atoms with Crippen molar-refractivity contribution >= 4 is 28.4 Å². The number of thioether (sulfide) groups is 1. The molecule has 2 N–H and O–H groups in total. The van der Waals surface area contributed by atoms with Gasteiger partial charge >= 0.3 is 0 Å². The molecule has 150 valence electrons. The lowest BCUT2D eigenvalue weighted by Gasteiger charge is -2.24. The maximum Gasteiger partial charge on any atom is 0.225 e. The molecule has 0 saturated carbocycles. The zero-order valence-corrected chi connectivity index (χ0v) is 18.1. The predicted octanol–water partition coefficient (Wildman–Crippen LogP) is 6.12. The molecule has 1 atom stereocenters. The Kier molecular flexibility index (Phi) is 9.66. The molecule has 0 aromatic heterocycles. The van der Waals surface area contributed by atoms with Gasteiger partial charge in [-0.05, 0) is 75.4 Å². The van der Waals surface area contributed by atoms with Crippen LogP contribution in [-0.4, -0.2) is 27.0 Å². The topological polar surface area (TPSA) is 49.7 Å². The van der Waals surface area contributed by atoms with Crippen LogP contribution in [0.3, 0.4) is 0 Å². The summed E-state index contributed by atoms with van der Waals surface area (Å²) in [6.45, 7) is 4.49. The van der Waals surface area contributed by atoms with E-state index in [0.29, 0.717) is 22.3 Å². The molecule has 0 amide bonds. The molecule has 1 aromatic carbocycles. The van der Waals surface area contributed by atoms with Gasteiger partial charge in [0.05, 0.1) is 0 Å². The van der Waals surface area contributed by atoms with Crippen LogP contribution in [0.4, 0.5) is 0 Å². The number of aromatic hydroxyl groups is 1. The SMILES string of the molecule is CCCCCc1cc(O)c(C2C=C(C)CCC2)c(OC(=S)SCCCO)c1. The third-order valence-corrected chi connectivity index (χ3v) is 6.16. The first kappa shape index (κ1) is 22.3. The number of rotatable bonds is 9. The number of aryl methyl sites for hydroxylation is 1. The van der Waals surface area contributed by atoms with Crippen molar-refractivity contribution in [3.63, 3.8) is 0 Å². The number of aliphatic hydroxyl groups is 1. The Morgan fingerprint density at radius 1 is 1.30 bits per heavy atom. The second kappa shape index (κ2) is 11.7. The summed E-state index contributed by atoms with van der Waals surface area (Å²) in [5.41, 5.74) is 3.32. The standard InChI is InChI=1S/C22H32O3S2/c1-3-4-5-9-17-14-19(24)21(18-10-6-8-16(2)13-18)20(15-17)25-22(26)27-12-7-11-23/h13-15,18,23-24H,3-12H2,1-2H3. The second-order valence-corrected chi connectivity index (χ2v) is 8.97. The minimum atomic E-state index is 0.153. The van der Waals surface area contributed by atoms with E-state index in [9.17, 15) is 5.11 Å². The number of aliphatic hydroxyl groups excluding tert-OH is 1. The van der Waals surface area contributed by atoms with Crippen LogP contribution in [0.5, 0.6) is 11.5 Å². The molecule has 1 aromatic rings. The number of thiocarbonyl (C=S) groups is 1. The van der Waals surface area contributed by atoms with Crippen molar-refractivity contribution in [2.24, 2.45) is 0 Å². The molecule has 1 aliphatic rings. The highest BCUT2D eigenvalue weighted by Crippen LogP contribution is 2.42. The largest absolute Gasteiger partial charge is 0.507 e. The molecule has 27 heavy (non-hydrogen) atoms. The van der Waals surface area contributed by atoms with Gasteiger partial charge in [0.25, 0.3) is 0 Å². The number of phenols is 1. The molecule has 5 heteroatoms. The van der Waals surface area contributed by atoms with Crippen LogP contribution in [-0.2, 0) is 6.42 Å². The molecule has 0 radical (unpaired) electrons. The van der Waals surface area contributed by atoms with E-state index >= 15 is 0 Å². The Balaban J connectivity index is 2.26. The van der Waals surface area contributed by atoms with Crippen LogP contribution in [0.2, 0.25) is 0 Å². The molecule has 0 fully saturated rings. The predicted molar refractivity (Wildman–Crippen MR) is 119 cm³/mol. The van der Waals surface area contributed by atoms with E-state index in [1.807, 2.05) is 6.07 Å². The molecular weight excluding hydrogens is 376 g/mol. The van der Waals surface area contributed by atoms with E-state index in [1.54, 1.807) is 0 Å². The number of phenolic OH excluding ortho intramolecular Hbond substituents is 1. The van der Waals surface area contributed by atoms with E-state index in [0.717, 1.165) is 49.0 Å². The number of ether oxygens (including phenoxy) is 1. The van der Waals surface area contributed by atoms with Crippen molar-refractivity contribution < 1.29 is 14.9 Å². The van der Waals surface area contributed by atoms with Crippen molar-refractivity contribution in [3.8, 4) is 11.5 Å². The lowest BCUT2D eigenvalue weighted by Crippen LogP contribution is -2.09. The third kappa shape index (κ3) is 7.13. The minimum absolute atomic E-state index is 0.153. The summed E-state index contributed by atoms with van der Waals surface area (Å²) in [4.78, 5) is 0. The smallest absolute Gasteiger partial charge is 0.225 e. The fraction of sp³-hybridized carbons (Fsp3) is 0.591. The van der Waals surface area contributed by atoms with Crippen molar-refractivity contribution in [1.29, 1.82) is 0 Å². The van der Waals surface area contributed by atoms with Crippen LogP contribution in [0.1, 0.15) is 75.8 Å². The van der Waals surface area contributed by atoms with E-state index in [1.165, 1.54) is 30.2 Å². The second-order valence-electron chi connectivity index (χ2n) is 7.27. The molecule has 0 bridgehead atoms. The molecular formula is C22H32O3S2. The number of benzene rings is 1. The van der Waals surface area contributed by atoms with Crippen LogP contribution in [0.25, 0.3) is 0 Å². The zero-order chi connectivity index (χ0) is 19.6. The zero-order valence-electron chi connectivity index (χ0n) is 16.5. The number of unbranched alkanes of at least 4 members (excludes halogenated alkanes) is 2. The van der Waals surface area contributed by atoms with Crippen LogP contribution < -0.4 is 4.74 Å². The molecule has 1 aliphatic carbocycles. The van der Waals surface area contributed by atoms with Crippen molar-refractivity contribution in [2.45, 2.75) is 71.1 Å². The highest BCUT2D eigenvalue weighted by molar-refractivity contribution is 8.22. The van der Waals surface area contributed by atoms with Gasteiger partial charge in [0.1, 0.15) is 11.5 Å². The molecule has 1 unspecified atom stereocenters. The molecule has 0 spiro atoms. The van der Waals surface area contributed by atoms with Gasteiger partial charge < -0.3 is 14.9 Å². The normalized spacial score (nSPS) is 16.9. The Morgan fingerprint density at radius 2 is 2.11 bits per heavy atom. The Morgan fingerprint density at radius 3 is 2.81 bits per heavy atom. The Labute approximate surface area is 173 Å². The highest BCUT2D eigenvalue weighted by Gasteiger charge is 2.23. The maximum absolute atomic E-state index is 10.8. The fourth-order valence-corrected chi connectivity index (χ4v) is 4.45. The fourth-order valence-electron chi connectivity index (χ4n) is 3.53. The summed E-state index contributed by atoms with van der Waals surface area (Å²) in [6, 6.07) is 3.96. The summed E-state index contributed by atoms with van der Waals surface area (Å²) >= 11 is 6.83. The van der Waals surface area contributed by atoms with Gasteiger partial charge in [-0.25, -0.2) is 0 Å². The summed E-state index contributed by atoms with van der Waals surface area (Å²) in [5, 5.41) is 19.7. The van der Waals surface area contributed by atoms with Gasteiger partial charge in [-0.3, -0.25) is 0 Å².